The second kappa shape index (κ2) is 9.95. The summed E-state index contributed by atoms with van der Waals surface area (Å²) in [4.78, 5) is 0. The first kappa shape index (κ1) is 19.1. The second-order valence-electron chi connectivity index (χ2n) is 5.21. The van der Waals surface area contributed by atoms with Crippen LogP contribution in [0.25, 0.3) is 6.08 Å². The van der Waals surface area contributed by atoms with Crippen LogP contribution in [0.15, 0.2) is 30.8 Å². The fourth-order valence-corrected chi connectivity index (χ4v) is 4.14. The molecule has 0 radical (unpaired) electrons. The zero-order valence-corrected chi connectivity index (χ0v) is 15.8. The molecule has 0 bridgehead atoms. The lowest BCUT2D eigenvalue weighted by atomic mass is 10.1. The molecule has 1 unspecified atom stereocenters. The third kappa shape index (κ3) is 5.36. The highest BCUT2D eigenvalue weighted by Crippen LogP contribution is 2.25. The molecule has 0 saturated carbocycles. The Bertz CT molecular complexity index is 424. The van der Waals surface area contributed by atoms with E-state index in [0.29, 0.717) is 13.2 Å². The molecule has 1 aromatic rings. The Hall–Kier alpha value is -0.943. The van der Waals surface area contributed by atoms with Gasteiger partial charge in [0, 0.05) is 13.2 Å². The third-order valence-corrected chi connectivity index (χ3v) is 5.69. The summed E-state index contributed by atoms with van der Waals surface area (Å²) in [5.74, 6) is 0. The van der Waals surface area contributed by atoms with E-state index in [1.807, 2.05) is 19.9 Å². The average Bonchev–Trinajstić information content (AvgIpc) is 2.56. The molecule has 0 saturated heterocycles. The lowest BCUT2D eigenvalue weighted by Crippen LogP contribution is -2.43. The van der Waals surface area contributed by atoms with Gasteiger partial charge in [0.1, 0.15) is 0 Å². The number of hydrogen-bond donors (Lipinski definition) is 0. The van der Waals surface area contributed by atoms with Crippen LogP contribution in [-0.2, 0) is 13.9 Å². The van der Waals surface area contributed by atoms with Gasteiger partial charge in [0.25, 0.3) is 0 Å². The van der Waals surface area contributed by atoms with Crippen molar-refractivity contribution in [1.29, 1.82) is 0 Å². The van der Waals surface area contributed by atoms with Gasteiger partial charge in [-0.05, 0) is 37.8 Å². The molecule has 1 aromatic carbocycles. The van der Waals surface area contributed by atoms with Gasteiger partial charge in [-0.15, -0.1) is 0 Å². The first-order valence-electron chi connectivity index (χ1n) is 8.26. The van der Waals surface area contributed by atoms with Crippen LogP contribution < -0.4 is 0 Å². The predicted molar refractivity (Wildman–Crippen MR) is 95.5 cm³/mol. The molecule has 3 nitrogen and oxygen atoms in total. The van der Waals surface area contributed by atoms with E-state index in [0.717, 1.165) is 18.4 Å². The van der Waals surface area contributed by atoms with Gasteiger partial charge in [-0.25, -0.2) is 0 Å². The van der Waals surface area contributed by atoms with E-state index in [9.17, 15) is 0 Å². The Labute approximate surface area is 137 Å². The van der Waals surface area contributed by atoms with Crippen LogP contribution in [0.5, 0.6) is 0 Å². The molecule has 4 heteroatoms. The lowest BCUT2D eigenvalue weighted by molar-refractivity contribution is -0.184. The fraction of sp³-hybridized carbons (Fsp3) is 0.556. The van der Waals surface area contributed by atoms with Crippen molar-refractivity contribution >= 4 is 15.8 Å². The Morgan fingerprint density at radius 3 is 2.09 bits per heavy atom. The SMILES string of the molecule is C=Cc1ccc(C(CC)O[SiH2]C(CC)(OCC)OCC)cc1. The normalized spacial score (nSPS) is 13.6. The van der Waals surface area contributed by atoms with Crippen molar-refractivity contribution in [3.63, 3.8) is 0 Å². The smallest absolute Gasteiger partial charge is 0.228 e. The minimum absolute atomic E-state index is 0.109. The molecule has 0 fully saturated rings. The monoisotopic (exact) mass is 322 g/mol. The van der Waals surface area contributed by atoms with Crippen molar-refractivity contribution in [2.45, 2.75) is 52.1 Å². The van der Waals surface area contributed by atoms with Crippen molar-refractivity contribution in [3.05, 3.63) is 42.0 Å². The maximum atomic E-state index is 6.28. The van der Waals surface area contributed by atoms with E-state index >= 15 is 0 Å². The van der Waals surface area contributed by atoms with E-state index in [1.54, 1.807) is 0 Å². The molecule has 1 atom stereocenters. The Kier molecular flexibility index (Phi) is 8.64. The zero-order chi connectivity index (χ0) is 16.4. The van der Waals surface area contributed by atoms with Crippen LogP contribution in [0.2, 0.25) is 0 Å². The molecule has 0 aliphatic heterocycles. The molecule has 0 N–H and O–H groups in total. The summed E-state index contributed by atoms with van der Waals surface area (Å²) in [5, 5.41) is 0. The molecular weight excluding hydrogens is 292 g/mol. The standard InChI is InChI=1S/C18H30O3Si/c1-6-15-11-13-16(14-12-15)17(7-2)21-22-18(8-3,19-9-4)20-10-5/h6,11-14,17H,1,7-10,22H2,2-5H3. The van der Waals surface area contributed by atoms with E-state index in [2.05, 4.69) is 44.7 Å². The summed E-state index contributed by atoms with van der Waals surface area (Å²) in [6, 6.07) is 8.39. The Morgan fingerprint density at radius 1 is 1.09 bits per heavy atom. The third-order valence-electron chi connectivity index (χ3n) is 3.77. The van der Waals surface area contributed by atoms with Gasteiger partial charge in [0.2, 0.25) is 9.76 Å². The topological polar surface area (TPSA) is 27.7 Å². The highest BCUT2D eigenvalue weighted by atomic mass is 28.2. The van der Waals surface area contributed by atoms with Crippen LogP contribution >= 0.6 is 0 Å². The summed E-state index contributed by atoms with van der Waals surface area (Å²) in [7, 11) is -0.985. The first-order chi connectivity index (χ1) is 10.6. The summed E-state index contributed by atoms with van der Waals surface area (Å²) < 4.78 is 18.1. The van der Waals surface area contributed by atoms with Crippen LogP contribution in [0.4, 0.5) is 0 Å². The van der Waals surface area contributed by atoms with E-state index in [-0.39, 0.29) is 6.10 Å². The Balaban J connectivity index is 2.76. The lowest BCUT2D eigenvalue weighted by Gasteiger charge is -2.33. The quantitative estimate of drug-likeness (QED) is 0.455. The van der Waals surface area contributed by atoms with E-state index in [4.69, 9.17) is 13.9 Å². The molecular formula is C18H30O3Si. The maximum Gasteiger partial charge on any atom is 0.228 e. The van der Waals surface area contributed by atoms with Crippen molar-refractivity contribution in [1.82, 2.24) is 0 Å². The molecule has 0 spiro atoms. The molecule has 0 aromatic heterocycles. The minimum Gasteiger partial charge on any atom is -0.411 e. The van der Waals surface area contributed by atoms with Gasteiger partial charge in [0.05, 0.1) is 6.10 Å². The second-order valence-corrected chi connectivity index (χ2v) is 6.91. The summed E-state index contributed by atoms with van der Waals surface area (Å²) in [6.45, 7) is 13.3. The predicted octanol–water partition coefficient (Wildman–Crippen LogP) is 4.02. The zero-order valence-electron chi connectivity index (χ0n) is 14.4. The van der Waals surface area contributed by atoms with Crippen LogP contribution in [0, 0.1) is 0 Å². The molecule has 0 aliphatic carbocycles. The number of hydrogen-bond acceptors (Lipinski definition) is 3. The van der Waals surface area contributed by atoms with Gasteiger partial charge in [-0.2, -0.15) is 0 Å². The van der Waals surface area contributed by atoms with Crippen molar-refractivity contribution in [3.8, 4) is 0 Å². The van der Waals surface area contributed by atoms with Crippen LogP contribution in [0.3, 0.4) is 0 Å². The number of rotatable bonds is 11. The van der Waals surface area contributed by atoms with Gasteiger partial charge in [0.15, 0.2) is 5.41 Å². The minimum atomic E-state index is -0.985. The van der Waals surface area contributed by atoms with Crippen LogP contribution in [0.1, 0.15) is 57.8 Å². The maximum absolute atomic E-state index is 6.28. The molecule has 124 valence electrons. The summed E-state index contributed by atoms with van der Waals surface area (Å²) in [6.07, 6.45) is 3.73. The van der Waals surface area contributed by atoms with Crippen molar-refractivity contribution in [2.24, 2.45) is 0 Å². The average molecular weight is 323 g/mol. The molecule has 0 aliphatic rings. The van der Waals surface area contributed by atoms with Crippen molar-refractivity contribution < 1.29 is 13.9 Å². The molecule has 0 heterocycles. The van der Waals surface area contributed by atoms with Gasteiger partial charge >= 0.3 is 0 Å². The van der Waals surface area contributed by atoms with Gasteiger partial charge in [-0.3, -0.25) is 0 Å². The molecule has 22 heavy (non-hydrogen) atoms. The number of ether oxygens (including phenoxy) is 2. The van der Waals surface area contributed by atoms with E-state index in [1.165, 1.54) is 5.56 Å². The van der Waals surface area contributed by atoms with Crippen molar-refractivity contribution in [2.75, 3.05) is 13.2 Å². The van der Waals surface area contributed by atoms with E-state index < -0.39 is 15.2 Å². The van der Waals surface area contributed by atoms with Gasteiger partial charge in [-0.1, -0.05) is 50.8 Å². The number of benzene rings is 1. The summed E-state index contributed by atoms with van der Waals surface area (Å²) in [5.41, 5.74) is 1.83. The van der Waals surface area contributed by atoms with Gasteiger partial charge < -0.3 is 13.9 Å². The van der Waals surface area contributed by atoms with Crippen LogP contribution in [-0.4, -0.2) is 28.4 Å². The Morgan fingerprint density at radius 2 is 1.68 bits per heavy atom. The summed E-state index contributed by atoms with van der Waals surface area (Å²) >= 11 is 0. The molecule has 1 rings (SSSR count). The highest BCUT2D eigenvalue weighted by molar-refractivity contribution is 6.31. The fourth-order valence-electron chi connectivity index (χ4n) is 2.48. The molecule has 0 amide bonds. The first-order valence-corrected chi connectivity index (χ1v) is 9.55. The largest absolute Gasteiger partial charge is 0.411 e. The highest BCUT2D eigenvalue weighted by Gasteiger charge is 2.31.